The number of nitrogens with zero attached hydrogens (tertiary/aromatic N) is 1. The van der Waals surface area contributed by atoms with E-state index < -0.39 is 5.91 Å². The van der Waals surface area contributed by atoms with E-state index in [4.69, 9.17) is 5.73 Å². The summed E-state index contributed by atoms with van der Waals surface area (Å²) in [4.78, 5) is 15.6. The van der Waals surface area contributed by atoms with Crippen LogP contribution in [-0.4, -0.2) is 25.0 Å². The summed E-state index contributed by atoms with van der Waals surface area (Å²) in [6.07, 6.45) is 0.704. The topological polar surface area (TPSA) is 79.5 Å². The maximum Gasteiger partial charge on any atom is 0.248 e. The largest absolute Gasteiger partial charge is 0.366 e. The quantitative estimate of drug-likeness (QED) is 0.533. The van der Waals surface area contributed by atoms with E-state index in [9.17, 15) is 9.18 Å². The summed E-state index contributed by atoms with van der Waals surface area (Å²) >= 11 is 0. The summed E-state index contributed by atoms with van der Waals surface area (Å²) in [6.45, 7) is 3.86. The first-order valence-corrected chi connectivity index (χ1v) is 8.24. The molecular formula is C19H23FN4O. The number of rotatable bonds is 7. The van der Waals surface area contributed by atoms with Gasteiger partial charge < -0.3 is 16.4 Å². The number of halogens is 1. The van der Waals surface area contributed by atoms with Gasteiger partial charge in [-0.25, -0.2) is 9.38 Å². The highest BCUT2D eigenvalue weighted by atomic mass is 19.1. The van der Waals surface area contributed by atoms with Crippen molar-refractivity contribution in [3.05, 3.63) is 71.0 Å². The summed E-state index contributed by atoms with van der Waals surface area (Å²) in [5, 5.41) is 6.40. The zero-order chi connectivity index (χ0) is 18.1. The third-order valence-corrected chi connectivity index (χ3v) is 3.60. The number of amides is 1. The molecule has 25 heavy (non-hydrogen) atoms. The minimum Gasteiger partial charge on any atom is -0.366 e. The van der Waals surface area contributed by atoms with Crippen molar-refractivity contribution in [2.75, 3.05) is 13.1 Å². The van der Waals surface area contributed by atoms with E-state index in [2.05, 4.69) is 15.6 Å². The lowest BCUT2D eigenvalue weighted by molar-refractivity contribution is 0.100. The monoisotopic (exact) mass is 342 g/mol. The molecular weight excluding hydrogens is 319 g/mol. The molecule has 2 rings (SSSR count). The Hall–Kier alpha value is -2.89. The second-order valence-corrected chi connectivity index (χ2v) is 5.56. The van der Waals surface area contributed by atoms with Crippen molar-refractivity contribution in [1.82, 2.24) is 10.6 Å². The predicted molar refractivity (Wildman–Crippen MR) is 97.9 cm³/mol. The Bertz CT molecular complexity index is 728. The lowest BCUT2D eigenvalue weighted by Crippen LogP contribution is -2.38. The fourth-order valence-electron chi connectivity index (χ4n) is 2.30. The summed E-state index contributed by atoms with van der Waals surface area (Å²) in [5.74, 6) is 0.0257. The Kier molecular flexibility index (Phi) is 6.95. The fraction of sp³-hybridized carbons (Fsp3) is 0.263. The van der Waals surface area contributed by atoms with Crippen molar-refractivity contribution in [3.63, 3.8) is 0 Å². The van der Waals surface area contributed by atoms with Gasteiger partial charge in [0.2, 0.25) is 5.91 Å². The maximum absolute atomic E-state index is 13.2. The molecule has 0 bridgehead atoms. The highest BCUT2D eigenvalue weighted by Crippen LogP contribution is 2.05. The van der Waals surface area contributed by atoms with Crippen LogP contribution in [0.1, 0.15) is 28.4 Å². The van der Waals surface area contributed by atoms with Gasteiger partial charge in [0.05, 0.1) is 6.54 Å². The molecule has 0 heterocycles. The third-order valence-electron chi connectivity index (χ3n) is 3.60. The fourth-order valence-corrected chi connectivity index (χ4v) is 2.30. The highest BCUT2D eigenvalue weighted by molar-refractivity contribution is 5.92. The van der Waals surface area contributed by atoms with Crippen molar-refractivity contribution >= 4 is 11.9 Å². The van der Waals surface area contributed by atoms with Crippen LogP contribution in [0.25, 0.3) is 0 Å². The second kappa shape index (κ2) is 9.42. The van der Waals surface area contributed by atoms with E-state index >= 15 is 0 Å². The molecule has 0 aromatic heterocycles. The van der Waals surface area contributed by atoms with Crippen LogP contribution in [-0.2, 0) is 13.0 Å². The van der Waals surface area contributed by atoms with E-state index in [0.717, 1.165) is 17.7 Å². The molecule has 0 atom stereocenters. The van der Waals surface area contributed by atoms with Gasteiger partial charge in [0.25, 0.3) is 0 Å². The highest BCUT2D eigenvalue weighted by Gasteiger charge is 2.01. The van der Waals surface area contributed by atoms with E-state index in [0.29, 0.717) is 31.0 Å². The molecule has 0 aliphatic rings. The van der Waals surface area contributed by atoms with Gasteiger partial charge in [-0.3, -0.25) is 4.79 Å². The van der Waals surface area contributed by atoms with Crippen molar-refractivity contribution in [2.45, 2.75) is 19.9 Å². The zero-order valence-corrected chi connectivity index (χ0v) is 14.3. The SMILES string of the molecule is CCNC(=NCc1ccc(C(N)=O)cc1)NCCc1cccc(F)c1. The van der Waals surface area contributed by atoms with Crippen LogP contribution in [0.15, 0.2) is 53.5 Å². The lowest BCUT2D eigenvalue weighted by Gasteiger charge is -2.11. The Morgan fingerprint density at radius 1 is 1.12 bits per heavy atom. The number of benzene rings is 2. The summed E-state index contributed by atoms with van der Waals surface area (Å²) < 4.78 is 13.2. The number of primary amides is 1. The number of guanidine groups is 1. The number of nitrogens with two attached hydrogens (primary N) is 1. The van der Waals surface area contributed by atoms with Crippen LogP contribution >= 0.6 is 0 Å². The van der Waals surface area contributed by atoms with E-state index in [1.165, 1.54) is 12.1 Å². The first-order chi connectivity index (χ1) is 12.1. The Morgan fingerprint density at radius 2 is 1.88 bits per heavy atom. The first kappa shape index (κ1) is 18.4. The van der Waals surface area contributed by atoms with Gasteiger partial charge in [-0.1, -0.05) is 24.3 Å². The zero-order valence-electron chi connectivity index (χ0n) is 14.3. The minimum atomic E-state index is -0.442. The second-order valence-electron chi connectivity index (χ2n) is 5.56. The van der Waals surface area contributed by atoms with Gasteiger partial charge in [-0.2, -0.15) is 0 Å². The van der Waals surface area contributed by atoms with Crippen LogP contribution in [0, 0.1) is 5.82 Å². The average Bonchev–Trinajstić information content (AvgIpc) is 2.60. The smallest absolute Gasteiger partial charge is 0.248 e. The van der Waals surface area contributed by atoms with Gasteiger partial charge >= 0.3 is 0 Å². The minimum absolute atomic E-state index is 0.225. The lowest BCUT2D eigenvalue weighted by atomic mass is 10.1. The van der Waals surface area contributed by atoms with Crippen LogP contribution in [0.4, 0.5) is 4.39 Å². The molecule has 0 radical (unpaired) electrons. The van der Waals surface area contributed by atoms with E-state index in [1.807, 2.05) is 25.1 Å². The van der Waals surface area contributed by atoms with Gasteiger partial charge in [0, 0.05) is 18.7 Å². The maximum atomic E-state index is 13.2. The predicted octanol–water partition coefficient (Wildman–Crippen LogP) is 2.22. The number of carbonyl (C=O) groups excluding carboxylic acids is 1. The summed E-state index contributed by atoms with van der Waals surface area (Å²) in [7, 11) is 0. The number of hydrogen-bond donors (Lipinski definition) is 3. The van der Waals surface area contributed by atoms with Gasteiger partial charge in [0.1, 0.15) is 5.82 Å². The Morgan fingerprint density at radius 3 is 2.52 bits per heavy atom. The molecule has 4 N–H and O–H groups in total. The molecule has 0 saturated carbocycles. The molecule has 132 valence electrons. The van der Waals surface area contributed by atoms with Gasteiger partial charge in [-0.15, -0.1) is 0 Å². The molecule has 0 aliphatic heterocycles. The van der Waals surface area contributed by atoms with Crippen molar-refractivity contribution in [3.8, 4) is 0 Å². The Balaban J connectivity index is 1.90. The van der Waals surface area contributed by atoms with Crippen LogP contribution in [0.3, 0.4) is 0 Å². The molecule has 2 aromatic carbocycles. The molecule has 0 aliphatic carbocycles. The van der Waals surface area contributed by atoms with Crippen LogP contribution < -0.4 is 16.4 Å². The van der Waals surface area contributed by atoms with Crippen molar-refractivity contribution in [1.29, 1.82) is 0 Å². The third kappa shape index (κ3) is 6.25. The number of nitrogens with one attached hydrogen (secondary N) is 2. The van der Waals surface area contributed by atoms with Crippen molar-refractivity contribution in [2.24, 2.45) is 10.7 Å². The normalized spacial score (nSPS) is 11.2. The number of hydrogen-bond acceptors (Lipinski definition) is 2. The molecule has 6 heteroatoms. The molecule has 0 fully saturated rings. The van der Waals surface area contributed by atoms with Crippen LogP contribution in [0.5, 0.6) is 0 Å². The molecule has 2 aromatic rings. The standard InChI is InChI=1S/C19H23FN4O/c1-2-22-19(23-11-10-14-4-3-5-17(20)12-14)24-13-15-6-8-16(9-7-15)18(21)25/h3-9,12H,2,10-11,13H2,1H3,(H2,21,25)(H2,22,23,24). The molecule has 5 nitrogen and oxygen atoms in total. The van der Waals surface area contributed by atoms with Crippen LogP contribution in [0.2, 0.25) is 0 Å². The molecule has 0 unspecified atom stereocenters. The van der Waals surface area contributed by atoms with Crippen molar-refractivity contribution < 1.29 is 9.18 Å². The molecule has 1 amide bonds. The first-order valence-electron chi connectivity index (χ1n) is 8.24. The average molecular weight is 342 g/mol. The molecule has 0 spiro atoms. The Labute approximate surface area is 147 Å². The number of carbonyl (C=O) groups is 1. The van der Waals surface area contributed by atoms with Gasteiger partial charge in [0.15, 0.2) is 5.96 Å². The summed E-state index contributed by atoms with van der Waals surface area (Å²) in [6, 6.07) is 13.6. The van der Waals surface area contributed by atoms with E-state index in [1.54, 1.807) is 18.2 Å². The number of aliphatic imine (C=N–C) groups is 1. The van der Waals surface area contributed by atoms with E-state index in [-0.39, 0.29) is 5.82 Å². The summed E-state index contributed by atoms with van der Waals surface area (Å²) in [5.41, 5.74) is 7.62. The van der Waals surface area contributed by atoms with Gasteiger partial charge in [-0.05, 0) is 48.7 Å². The molecule has 0 saturated heterocycles.